The number of amides is 4. The third-order valence-electron chi connectivity index (χ3n) is 9.77. The molecule has 11 nitrogen and oxygen atoms in total. The van der Waals surface area contributed by atoms with E-state index in [0.717, 1.165) is 45.4 Å². The zero-order chi connectivity index (χ0) is 38.8. The van der Waals surface area contributed by atoms with Crippen molar-refractivity contribution in [2.75, 3.05) is 23.0 Å². The van der Waals surface area contributed by atoms with Gasteiger partial charge in [-0.05, 0) is 86.7 Å². The zero-order valence-electron chi connectivity index (χ0n) is 31.5. The van der Waals surface area contributed by atoms with Crippen LogP contribution in [0.5, 0.6) is 0 Å². The molecule has 4 heterocycles. The van der Waals surface area contributed by atoms with Crippen LogP contribution in [0.15, 0.2) is 77.8 Å². The molecule has 2 atom stereocenters. The number of hydrogen-bond donors (Lipinski definition) is 3. The molecule has 0 aliphatic carbocycles. The molecule has 2 aromatic heterocycles. The normalized spacial score (nSPS) is 16.7. The highest BCUT2D eigenvalue weighted by Crippen LogP contribution is 2.42. The average Bonchev–Trinajstić information content (AvgIpc) is 3.86. The van der Waals surface area contributed by atoms with Gasteiger partial charge in [0.1, 0.15) is 23.9 Å². The van der Waals surface area contributed by atoms with Crippen molar-refractivity contribution in [1.29, 1.82) is 0 Å². The number of aryl methyl sites for hydroxylation is 1. The highest BCUT2D eigenvalue weighted by Gasteiger charge is 2.38. The van der Waals surface area contributed by atoms with Crippen molar-refractivity contribution in [2.24, 2.45) is 0 Å². The lowest BCUT2D eigenvalue weighted by Gasteiger charge is -2.41. The molecule has 0 spiro atoms. The van der Waals surface area contributed by atoms with Gasteiger partial charge < -0.3 is 35.1 Å². The van der Waals surface area contributed by atoms with Gasteiger partial charge in [0.25, 0.3) is 0 Å². The number of nitrogens with zero attached hydrogens (tertiary/aromatic N) is 3. The Morgan fingerprint density at radius 2 is 1.85 bits per heavy atom. The lowest BCUT2D eigenvalue weighted by atomic mass is 9.92. The maximum atomic E-state index is 14.5. The van der Waals surface area contributed by atoms with E-state index >= 15 is 0 Å². The summed E-state index contributed by atoms with van der Waals surface area (Å²) in [6.07, 6.45) is 2.85. The largest absolute Gasteiger partial charge is 0.444 e. The van der Waals surface area contributed by atoms with Crippen LogP contribution in [0.3, 0.4) is 0 Å². The van der Waals surface area contributed by atoms with E-state index in [1.807, 2.05) is 65.0 Å². The predicted octanol–water partition coefficient (Wildman–Crippen LogP) is 6.39. The summed E-state index contributed by atoms with van der Waals surface area (Å²) in [7, 11) is 0. The Morgan fingerprint density at radius 3 is 2.54 bits per heavy atom. The number of anilines is 2. The van der Waals surface area contributed by atoms with Crippen molar-refractivity contribution in [3.8, 4) is 0 Å². The third-order valence-corrected chi connectivity index (χ3v) is 10.5. The van der Waals surface area contributed by atoms with Gasteiger partial charge in [-0.3, -0.25) is 14.4 Å². The number of para-hydroxylation sites is 2. The van der Waals surface area contributed by atoms with Gasteiger partial charge in [-0.25, -0.2) is 9.18 Å². The SMILES string of the molecule is C=C1C(NC(=O)[C@@H](Cc2cn(CCF)c3ccccc23)NC(=O)C(C)(C)NC(=O)OC(C)(C)C)Cc2cccc(N3CCCC3=O)c2N1Cc1ccsc1. The maximum Gasteiger partial charge on any atom is 0.408 e. The van der Waals surface area contributed by atoms with Crippen molar-refractivity contribution in [3.05, 3.63) is 94.5 Å². The molecule has 1 saturated heterocycles. The molecule has 0 bridgehead atoms. The van der Waals surface area contributed by atoms with Crippen LogP contribution in [0.4, 0.5) is 20.6 Å². The van der Waals surface area contributed by atoms with Crippen LogP contribution in [0.25, 0.3) is 10.9 Å². The number of carbonyl (C=O) groups is 4. The summed E-state index contributed by atoms with van der Waals surface area (Å²) < 4.78 is 20.8. The van der Waals surface area contributed by atoms with Crippen LogP contribution < -0.4 is 25.8 Å². The van der Waals surface area contributed by atoms with Crippen LogP contribution in [0.2, 0.25) is 0 Å². The highest BCUT2D eigenvalue weighted by atomic mass is 32.1. The molecule has 2 aliphatic heterocycles. The summed E-state index contributed by atoms with van der Waals surface area (Å²) >= 11 is 1.59. The molecule has 3 N–H and O–H groups in total. The van der Waals surface area contributed by atoms with Gasteiger partial charge in [0, 0.05) is 55.1 Å². The van der Waals surface area contributed by atoms with Gasteiger partial charge in [-0.1, -0.05) is 36.9 Å². The van der Waals surface area contributed by atoms with E-state index in [1.54, 1.807) is 50.5 Å². The van der Waals surface area contributed by atoms with Crippen LogP contribution in [-0.2, 0) is 45.1 Å². The number of alkyl carbamates (subject to hydrolysis) is 1. The first-order chi connectivity index (χ1) is 25.6. The molecule has 13 heteroatoms. The van der Waals surface area contributed by atoms with Crippen molar-refractivity contribution in [2.45, 2.75) is 96.6 Å². The lowest BCUT2D eigenvalue weighted by molar-refractivity contribution is -0.132. The van der Waals surface area contributed by atoms with E-state index in [4.69, 9.17) is 4.74 Å². The monoisotopic (exact) mass is 756 g/mol. The Labute approximate surface area is 319 Å². The van der Waals surface area contributed by atoms with Crippen LogP contribution in [0, 0.1) is 0 Å². The van der Waals surface area contributed by atoms with Crippen LogP contribution in [0.1, 0.15) is 64.2 Å². The standard InChI is InChI=1S/C41H49FN6O5S/c1-26-31(21-28-11-9-14-34(47-18-10-15-35(47)49)36(28)48(26)23-27-16-20-54-25-27)43-37(50)32(44-38(51)41(5,6)45-39(52)53-40(2,3)4)22-29-24-46(19-17-42)33-13-8-7-12-30(29)33/h7-9,11-14,16,20,24-25,31-32H,1,10,15,17-19,21-23H2,2-6H3,(H,43,50)(H,44,51)(H,45,52)/t31?,32-/m1/s1. The molecular weight excluding hydrogens is 708 g/mol. The second-order valence-electron chi connectivity index (χ2n) is 15.4. The summed E-state index contributed by atoms with van der Waals surface area (Å²) in [5.74, 6) is -0.960. The first-order valence-corrected chi connectivity index (χ1v) is 19.2. The molecule has 6 rings (SSSR count). The molecule has 4 amide bonds. The minimum Gasteiger partial charge on any atom is -0.444 e. The molecule has 2 aliphatic rings. The number of aromatic nitrogens is 1. The number of nitrogens with one attached hydrogen (secondary N) is 3. The van der Waals surface area contributed by atoms with Crippen molar-refractivity contribution >= 4 is 57.4 Å². The van der Waals surface area contributed by atoms with Gasteiger partial charge in [-0.15, -0.1) is 0 Å². The number of alkyl halides is 1. The fraction of sp³-hybridized carbons (Fsp3) is 0.415. The van der Waals surface area contributed by atoms with Crippen LogP contribution in [-0.4, -0.2) is 64.8 Å². The summed E-state index contributed by atoms with van der Waals surface area (Å²) in [5, 5.41) is 13.7. The van der Waals surface area contributed by atoms with E-state index in [0.29, 0.717) is 31.6 Å². The van der Waals surface area contributed by atoms with Gasteiger partial charge in [0.2, 0.25) is 17.7 Å². The second kappa shape index (κ2) is 15.7. The van der Waals surface area contributed by atoms with Crippen molar-refractivity contribution in [3.63, 3.8) is 0 Å². The number of benzene rings is 2. The number of thiophene rings is 1. The molecule has 1 fully saturated rings. The first kappa shape index (κ1) is 38.6. The Hall–Kier alpha value is -5.17. The summed E-state index contributed by atoms with van der Waals surface area (Å²) in [5.41, 5.74) is 3.74. The van der Waals surface area contributed by atoms with Crippen LogP contribution >= 0.6 is 11.3 Å². The second-order valence-corrected chi connectivity index (χ2v) is 16.2. The van der Waals surface area contributed by atoms with E-state index in [-0.39, 0.29) is 18.9 Å². The smallest absolute Gasteiger partial charge is 0.408 e. The molecule has 2 aromatic carbocycles. The highest BCUT2D eigenvalue weighted by molar-refractivity contribution is 7.07. The molecule has 0 saturated carbocycles. The van der Waals surface area contributed by atoms with Gasteiger partial charge in [0.15, 0.2) is 0 Å². The zero-order valence-corrected chi connectivity index (χ0v) is 32.4. The number of fused-ring (bicyclic) bond motifs is 2. The molecule has 1 unspecified atom stereocenters. The van der Waals surface area contributed by atoms with Gasteiger partial charge in [0.05, 0.1) is 24.0 Å². The fourth-order valence-electron chi connectivity index (χ4n) is 7.14. The molecule has 286 valence electrons. The summed E-state index contributed by atoms with van der Waals surface area (Å²) in [4.78, 5) is 58.0. The number of rotatable bonds is 12. The Bertz CT molecular complexity index is 2050. The molecule has 4 aromatic rings. The minimum absolute atomic E-state index is 0.0791. The number of ether oxygens (including phenoxy) is 1. The summed E-state index contributed by atoms with van der Waals surface area (Å²) in [6, 6.07) is 13.9. The number of hydrogen-bond acceptors (Lipinski definition) is 7. The quantitative estimate of drug-likeness (QED) is 0.154. The van der Waals surface area contributed by atoms with E-state index < -0.39 is 47.8 Å². The van der Waals surface area contributed by atoms with Crippen molar-refractivity contribution in [1.82, 2.24) is 20.5 Å². The minimum atomic E-state index is -1.45. The molecular formula is C41H49FN6O5S. The van der Waals surface area contributed by atoms with Gasteiger partial charge in [-0.2, -0.15) is 11.3 Å². The van der Waals surface area contributed by atoms with E-state index in [1.165, 1.54) is 0 Å². The van der Waals surface area contributed by atoms with Crippen molar-refractivity contribution < 1.29 is 28.3 Å². The lowest BCUT2D eigenvalue weighted by Crippen LogP contribution is -2.60. The molecule has 0 radical (unpaired) electrons. The first-order valence-electron chi connectivity index (χ1n) is 18.3. The Morgan fingerprint density at radius 1 is 1.07 bits per heavy atom. The fourth-order valence-corrected chi connectivity index (χ4v) is 7.80. The predicted molar refractivity (Wildman–Crippen MR) is 210 cm³/mol. The Kier molecular flexibility index (Phi) is 11.2. The Balaban J connectivity index is 1.32. The third kappa shape index (κ3) is 8.46. The topological polar surface area (TPSA) is 125 Å². The number of carbonyl (C=O) groups excluding carboxylic acids is 4. The maximum absolute atomic E-state index is 14.5. The molecule has 54 heavy (non-hydrogen) atoms. The van der Waals surface area contributed by atoms with E-state index in [2.05, 4.69) is 32.8 Å². The van der Waals surface area contributed by atoms with E-state index in [9.17, 15) is 23.6 Å². The average molecular weight is 757 g/mol. The van der Waals surface area contributed by atoms with Gasteiger partial charge >= 0.3 is 6.09 Å². The summed E-state index contributed by atoms with van der Waals surface area (Å²) in [6.45, 7) is 13.5. The number of halogens is 1.